The average Bonchev–Trinajstić information content (AvgIpc) is 2.82. The van der Waals surface area contributed by atoms with Gasteiger partial charge in [0.2, 0.25) is 5.91 Å². The number of nitrogens with one attached hydrogen (secondary N) is 2. The van der Waals surface area contributed by atoms with E-state index in [0.29, 0.717) is 19.6 Å². The number of hydrogen-bond donors (Lipinski definition) is 2. The van der Waals surface area contributed by atoms with E-state index in [-0.39, 0.29) is 51.1 Å². The number of amides is 3. The quantitative estimate of drug-likeness (QED) is 0.800. The number of benzene rings is 1. The smallest absolute Gasteiger partial charge is 0.321 e. The van der Waals surface area contributed by atoms with Crippen molar-refractivity contribution in [2.75, 3.05) is 24.5 Å². The van der Waals surface area contributed by atoms with Crippen LogP contribution in [0.15, 0.2) is 24.3 Å². The van der Waals surface area contributed by atoms with Gasteiger partial charge in [0.1, 0.15) is 0 Å². The van der Waals surface area contributed by atoms with Gasteiger partial charge in [-0.1, -0.05) is 18.2 Å². The summed E-state index contributed by atoms with van der Waals surface area (Å²) >= 11 is 0. The molecule has 2 rings (SSSR count). The molecule has 0 fully saturated rings. The number of nitrogens with zero attached hydrogens (tertiary/aromatic N) is 1. The van der Waals surface area contributed by atoms with Crippen LogP contribution in [0.5, 0.6) is 0 Å². The first-order chi connectivity index (χ1) is 9.22. The van der Waals surface area contributed by atoms with Crippen molar-refractivity contribution in [2.24, 2.45) is 0 Å². The van der Waals surface area contributed by atoms with Crippen LogP contribution in [0.3, 0.4) is 0 Å². The summed E-state index contributed by atoms with van der Waals surface area (Å²) in [6, 6.07) is 7.73. The number of carbonyl (C=O) groups excluding carboxylic acids is 2. The molecule has 3 amide bonds. The molecule has 0 atom stereocenters. The summed E-state index contributed by atoms with van der Waals surface area (Å²) in [7, 11) is 0. The van der Waals surface area contributed by atoms with Crippen LogP contribution in [-0.2, 0) is 43.9 Å². The van der Waals surface area contributed by atoms with Gasteiger partial charge < -0.3 is 17.6 Å². The Kier molecular flexibility index (Phi) is 7.17. The summed E-state index contributed by atoms with van der Waals surface area (Å²) in [4.78, 5) is 25.0. The number of para-hydroxylation sites is 1. The maximum atomic E-state index is 12.0. The zero-order valence-electron chi connectivity index (χ0n) is 11.4. The molecule has 0 saturated heterocycles. The van der Waals surface area contributed by atoms with Gasteiger partial charge in [-0.15, -0.1) is 6.54 Å². The van der Waals surface area contributed by atoms with Gasteiger partial charge in [-0.05, 0) is 18.1 Å². The third kappa shape index (κ3) is 4.28. The second-order valence-electron chi connectivity index (χ2n) is 4.36. The zero-order valence-corrected chi connectivity index (χ0v) is 14.2. The van der Waals surface area contributed by atoms with Crippen LogP contribution in [0.2, 0.25) is 0 Å². The van der Waals surface area contributed by atoms with Crippen molar-refractivity contribution in [3.05, 3.63) is 36.8 Å². The van der Waals surface area contributed by atoms with Crippen LogP contribution in [0, 0.1) is 6.92 Å². The molecular weight excluding hydrogens is 331 g/mol. The molecule has 5 nitrogen and oxygen atoms in total. The van der Waals surface area contributed by atoms with E-state index in [1.54, 1.807) is 4.90 Å². The van der Waals surface area contributed by atoms with Crippen LogP contribution in [0.1, 0.15) is 12.0 Å². The van der Waals surface area contributed by atoms with Crippen molar-refractivity contribution in [1.29, 1.82) is 0 Å². The first-order valence-corrected chi connectivity index (χ1v) is 6.41. The Labute approximate surface area is 144 Å². The van der Waals surface area contributed by atoms with Crippen LogP contribution in [0.25, 0.3) is 0 Å². The van der Waals surface area contributed by atoms with Crippen LogP contribution in [0.4, 0.5) is 10.5 Å². The maximum absolute atomic E-state index is 12.0. The van der Waals surface area contributed by atoms with E-state index in [2.05, 4.69) is 17.6 Å². The van der Waals surface area contributed by atoms with Gasteiger partial charge in [-0.2, -0.15) is 0 Å². The fraction of sp³-hybridized carbons (Fsp3) is 0.357. The number of fused-ring (bicyclic) bond motifs is 1. The molecule has 1 radical (unpaired) electrons. The molecule has 6 heteroatoms. The molecule has 105 valence electrons. The number of carbonyl (C=O) groups is 2. The Hall–Kier alpha value is -0.936. The second kappa shape index (κ2) is 8.37. The van der Waals surface area contributed by atoms with Crippen LogP contribution < -0.4 is 15.5 Å². The predicted molar refractivity (Wildman–Crippen MR) is 73.9 cm³/mol. The standard InChI is InChI=1S/C14H18N3O2.Y/c1-2-15-13(18)7-9-16-14(19)17-10-8-11-5-3-4-6-12(11)17;/h3-6H,1-2,7-10H2,(H,15,18)(H,16,19);/q-1;. The Balaban J connectivity index is 0.00000200. The zero-order chi connectivity index (χ0) is 13.7. The Morgan fingerprint density at radius 2 is 2.00 bits per heavy atom. The third-order valence-electron chi connectivity index (χ3n) is 3.08. The van der Waals surface area contributed by atoms with Crippen LogP contribution >= 0.6 is 0 Å². The van der Waals surface area contributed by atoms with Crippen molar-refractivity contribution in [1.82, 2.24) is 10.6 Å². The summed E-state index contributed by atoms with van der Waals surface area (Å²) in [5.74, 6) is -0.0999. The van der Waals surface area contributed by atoms with E-state index in [4.69, 9.17) is 0 Å². The molecule has 0 aromatic heterocycles. The fourth-order valence-electron chi connectivity index (χ4n) is 2.16. The van der Waals surface area contributed by atoms with Gasteiger partial charge in [-0.3, -0.25) is 9.69 Å². The molecule has 1 aromatic carbocycles. The molecule has 0 bridgehead atoms. The molecular formula is C14H18N3O2Y-. The summed E-state index contributed by atoms with van der Waals surface area (Å²) in [6.45, 7) is 4.92. The molecule has 1 aliphatic heterocycles. The van der Waals surface area contributed by atoms with E-state index < -0.39 is 0 Å². The summed E-state index contributed by atoms with van der Waals surface area (Å²) < 4.78 is 0. The van der Waals surface area contributed by atoms with Crippen molar-refractivity contribution < 1.29 is 42.3 Å². The molecule has 0 spiro atoms. The average molecular weight is 349 g/mol. The van der Waals surface area contributed by atoms with Gasteiger partial charge in [0, 0.05) is 57.9 Å². The summed E-state index contributed by atoms with van der Waals surface area (Å²) in [5.41, 5.74) is 2.15. The normalized spacial score (nSPS) is 12.3. The predicted octanol–water partition coefficient (Wildman–Crippen LogP) is 1.10. The van der Waals surface area contributed by atoms with Crippen molar-refractivity contribution in [3.8, 4) is 0 Å². The molecule has 0 aliphatic carbocycles. The fourth-order valence-corrected chi connectivity index (χ4v) is 2.16. The van der Waals surface area contributed by atoms with Gasteiger partial charge in [-0.25, -0.2) is 4.79 Å². The molecule has 1 aliphatic rings. The summed E-state index contributed by atoms with van der Waals surface area (Å²) in [6.07, 6.45) is 1.16. The number of rotatable bonds is 4. The largest absolute Gasteiger partial charge is 0.386 e. The minimum Gasteiger partial charge on any atom is -0.386 e. The number of urea groups is 1. The first kappa shape index (κ1) is 17.1. The molecule has 1 heterocycles. The van der Waals surface area contributed by atoms with E-state index in [1.165, 1.54) is 5.56 Å². The molecule has 20 heavy (non-hydrogen) atoms. The third-order valence-corrected chi connectivity index (χ3v) is 3.08. The molecule has 2 N–H and O–H groups in total. The Morgan fingerprint density at radius 1 is 1.25 bits per heavy atom. The van der Waals surface area contributed by atoms with Crippen molar-refractivity contribution in [3.63, 3.8) is 0 Å². The topological polar surface area (TPSA) is 61.4 Å². The second-order valence-corrected chi connectivity index (χ2v) is 4.36. The number of anilines is 1. The van der Waals surface area contributed by atoms with Gasteiger partial charge in [0.25, 0.3) is 0 Å². The molecule has 0 saturated carbocycles. The number of hydrogen-bond acceptors (Lipinski definition) is 2. The van der Waals surface area contributed by atoms with E-state index in [1.807, 2.05) is 24.3 Å². The Morgan fingerprint density at radius 3 is 2.75 bits per heavy atom. The first-order valence-electron chi connectivity index (χ1n) is 6.41. The van der Waals surface area contributed by atoms with E-state index in [0.717, 1.165) is 12.1 Å². The van der Waals surface area contributed by atoms with Gasteiger partial charge in [0.05, 0.1) is 0 Å². The minimum atomic E-state index is -0.146. The van der Waals surface area contributed by atoms with Crippen molar-refractivity contribution >= 4 is 17.6 Å². The van der Waals surface area contributed by atoms with Crippen molar-refractivity contribution in [2.45, 2.75) is 12.8 Å². The van der Waals surface area contributed by atoms with Gasteiger partial charge >= 0.3 is 6.03 Å². The van der Waals surface area contributed by atoms with E-state index in [9.17, 15) is 9.59 Å². The monoisotopic (exact) mass is 349 g/mol. The summed E-state index contributed by atoms with van der Waals surface area (Å²) in [5, 5.41) is 5.35. The maximum Gasteiger partial charge on any atom is 0.321 e. The van der Waals surface area contributed by atoms with E-state index >= 15 is 0 Å². The van der Waals surface area contributed by atoms with Crippen LogP contribution in [-0.4, -0.2) is 31.6 Å². The molecule has 0 unspecified atom stereocenters. The SMILES string of the molecule is [CH2-]CNC(=O)CCNC(=O)N1CCc2ccccc21.[Y]. The van der Waals surface area contributed by atoms with Gasteiger partial charge in [0.15, 0.2) is 0 Å². The Bertz CT molecular complexity index is 479. The minimum absolute atomic E-state index is 0. The molecule has 1 aromatic rings.